The average molecular weight is 238 g/mol. The van der Waals surface area contributed by atoms with Crippen molar-refractivity contribution in [1.82, 2.24) is 20.4 Å². The predicted molar refractivity (Wildman–Crippen MR) is 65.7 cm³/mol. The Morgan fingerprint density at radius 1 is 1.53 bits per heavy atom. The van der Waals surface area contributed by atoms with E-state index in [2.05, 4.69) is 34.2 Å². The lowest BCUT2D eigenvalue weighted by Crippen LogP contribution is -2.49. The van der Waals surface area contributed by atoms with Gasteiger partial charge >= 0.3 is 0 Å². The first-order valence-electron chi connectivity index (χ1n) is 6.56. The average Bonchev–Trinajstić information content (AvgIpc) is 2.77. The van der Waals surface area contributed by atoms with Crippen LogP contribution in [0.2, 0.25) is 0 Å². The molecule has 1 N–H and O–H groups in total. The van der Waals surface area contributed by atoms with Gasteiger partial charge in [0.25, 0.3) is 0 Å². The Bertz CT molecular complexity index is 339. The van der Waals surface area contributed by atoms with Gasteiger partial charge in [0.1, 0.15) is 0 Å². The second kappa shape index (κ2) is 6.12. The minimum absolute atomic E-state index is 0.537. The van der Waals surface area contributed by atoms with Crippen molar-refractivity contribution in [3.63, 3.8) is 0 Å². The Morgan fingerprint density at radius 2 is 2.41 bits per heavy atom. The number of piperazine rings is 1. The molecule has 0 amide bonds. The van der Waals surface area contributed by atoms with Crippen LogP contribution >= 0.6 is 0 Å². The summed E-state index contributed by atoms with van der Waals surface area (Å²) in [6.07, 6.45) is 3.22. The van der Waals surface area contributed by atoms with Crippen LogP contribution in [0.3, 0.4) is 0 Å². The smallest absolute Gasteiger partial charge is 0.240 e. The minimum atomic E-state index is 0.537. The number of nitrogens with zero attached hydrogens (tertiary/aromatic N) is 3. The molecule has 1 aliphatic heterocycles. The standard InChI is InChI=1S/C12H22N4O/c1-3-4-5-11-14-12(17-15-11)9-16-7-6-13-8-10(16)2/h10,13H,3-9H2,1-2H3/t10-/m0/s1. The lowest BCUT2D eigenvalue weighted by molar-refractivity contribution is 0.146. The SMILES string of the molecule is CCCCc1noc(CN2CCNC[C@@H]2C)n1. The Hall–Kier alpha value is -0.940. The zero-order chi connectivity index (χ0) is 12.1. The van der Waals surface area contributed by atoms with Crippen LogP contribution in [0.15, 0.2) is 4.52 Å². The van der Waals surface area contributed by atoms with Gasteiger partial charge in [0.2, 0.25) is 5.89 Å². The lowest BCUT2D eigenvalue weighted by Gasteiger charge is -2.32. The van der Waals surface area contributed by atoms with E-state index in [0.717, 1.165) is 50.7 Å². The second-order valence-electron chi connectivity index (χ2n) is 4.73. The summed E-state index contributed by atoms with van der Waals surface area (Å²) in [4.78, 5) is 6.82. The molecule has 0 radical (unpaired) electrons. The number of aromatic nitrogens is 2. The van der Waals surface area contributed by atoms with Gasteiger partial charge in [-0.25, -0.2) is 0 Å². The van der Waals surface area contributed by atoms with E-state index in [1.807, 2.05) is 0 Å². The van der Waals surface area contributed by atoms with Crippen molar-refractivity contribution in [2.45, 2.75) is 45.7 Å². The minimum Gasteiger partial charge on any atom is -0.338 e. The van der Waals surface area contributed by atoms with Crippen LogP contribution in [-0.4, -0.2) is 40.7 Å². The van der Waals surface area contributed by atoms with Crippen molar-refractivity contribution in [3.05, 3.63) is 11.7 Å². The highest BCUT2D eigenvalue weighted by Gasteiger charge is 2.20. The molecule has 0 aliphatic carbocycles. The zero-order valence-electron chi connectivity index (χ0n) is 10.8. The molecule has 1 aromatic rings. The maximum atomic E-state index is 5.29. The van der Waals surface area contributed by atoms with E-state index in [4.69, 9.17) is 4.52 Å². The highest BCUT2D eigenvalue weighted by atomic mass is 16.5. The second-order valence-corrected chi connectivity index (χ2v) is 4.73. The van der Waals surface area contributed by atoms with Gasteiger partial charge in [-0.1, -0.05) is 18.5 Å². The van der Waals surface area contributed by atoms with Gasteiger partial charge in [-0.15, -0.1) is 0 Å². The Kier molecular flexibility index (Phi) is 4.50. The van der Waals surface area contributed by atoms with Crippen LogP contribution in [0, 0.1) is 0 Å². The third-order valence-electron chi connectivity index (χ3n) is 3.24. The van der Waals surface area contributed by atoms with Crippen molar-refractivity contribution in [2.75, 3.05) is 19.6 Å². The summed E-state index contributed by atoms with van der Waals surface area (Å²) >= 11 is 0. The van der Waals surface area contributed by atoms with Crippen LogP contribution in [0.25, 0.3) is 0 Å². The van der Waals surface area contributed by atoms with Gasteiger partial charge in [0, 0.05) is 32.1 Å². The van der Waals surface area contributed by atoms with E-state index in [1.54, 1.807) is 0 Å². The Balaban J connectivity index is 1.87. The molecular weight excluding hydrogens is 216 g/mol. The van der Waals surface area contributed by atoms with Gasteiger partial charge in [-0.2, -0.15) is 4.98 Å². The first kappa shape index (κ1) is 12.5. The number of hydrogen-bond donors (Lipinski definition) is 1. The number of rotatable bonds is 5. The molecule has 5 nitrogen and oxygen atoms in total. The van der Waals surface area contributed by atoms with Gasteiger partial charge < -0.3 is 9.84 Å². The van der Waals surface area contributed by atoms with E-state index in [9.17, 15) is 0 Å². The summed E-state index contributed by atoms with van der Waals surface area (Å²) in [6.45, 7) is 8.30. The van der Waals surface area contributed by atoms with E-state index in [0.29, 0.717) is 6.04 Å². The lowest BCUT2D eigenvalue weighted by atomic mass is 10.2. The molecule has 0 unspecified atom stereocenters. The van der Waals surface area contributed by atoms with Crippen molar-refractivity contribution >= 4 is 0 Å². The summed E-state index contributed by atoms with van der Waals surface area (Å²) in [5.41, 5.74) is 0. The van der Waals surface area contributed by atoms with Crippen molar-refractivity contribution < 1.29 is 4.52 Å². The summed E-state index contributed by atoms with van der Waals surface area (Å²) < 4.78 is 5.29. The van der Waals surface area contributed by atoms with Crippen LogP contribution < -0.4 is 5.32 Å². The molecule has 2 heterocycles. The quantitative estimate of drug-likeness (QED) is 0.835. The van der Waals surface area contributed by atoms with Crippen LogP contribution in [0.5, 0.6) is 0 Å². The normalized spacial score (nSPS) is 21.9. The summed E-state index contributed by atoms with van der Waals surface area (Å²) in [6, 6.07) is 0.537. The third-order valence-corrected chi connectivity index (χ3v) is 3.24. The molecule has 96 valence electrons. The predicted octanol–water partition coefficient (Wildman–Crippen LogP) is 1.21. The molecule has 0 aromatic carbocycles. The first-order valence-corrected chi connectivity index (χ1v) is 6.56. The first-order chi connectivity index (χ1) is 8.29. The van der Waals surface area contributed by atoms with Crippen molar-refractivity contribution in [2.24, 2.45) is 0 Å². The van der Waals surface area contributed by atoms with Gasteiger partial charge in [0.15, 0.2) is 5.82 Å². The maximum Gasteiger partial charge on any atom is 0.240 e. The van der Waals surface area contributed by atoms with E-state index >= 15 is 0 Å². The molecule has 1 aliphatic rings. The summed E-state index contributed by atoms with van der Waals surface area (Å²) in [5.74, 6) is 1.61. The fourth-order valence-corrected chi connectivity index (χ4v) is 2.08. The van der Waals surface area contributed by atoms with Gasteiger partial charge in [-0.3, -0.25) is 4.90 Å². The molecule has 0 saturated carbocycles. The summed E-state index contributed by atoms with van der Waals surface area (Å²) in [7, 11) is 0. The molecule has 17 heavy (non-hydrogen) atoms. The van der Waals surface area contributed by atoms with Crippen LogP contribution in [0.4, 0.5) is 0 Å². The molecule has 1 aromatic heterocycles. The molecule has 1 fully saturated rings. The Labute approximate surface area is 103 Å². The molecule has 1 saturated heterocycles. The molecule has 1 atom stereocenters. The van der Waals surface area contributed by atoms with E-state index in [-0.39, 0.29) is 0 Å². The molecular formula is C12H22N4O. The zero-order valence-corrected chi connectivity index (χ0v) is 10.8. The monoisotopic (exact) mass is 238 g/mol. The van der Waals surface area contributed by atoms with E-state index in [1.165, 1.54) is 6.42 Å². The van der Waals surface area contributed by atoms with Gasteiger partial charge in [-0.05, 0) is 13.3 Å². The highest BCUT2D eigenvalue weighted by molar-refractivity contribution is 4.88. The largest absolute Gasteiger partial charge is 0.338 e. The third kappa shape index (κ3) is 3.51. The number of unbranched alkanes of at least 4 members (excludes halogenated alkanes) is 1. The number of aryl methyl sites for hydroxylation is 1. The van der Waals surface area contributed by atoms with Crippen molar-refractivity contribution in [1.29, 1.82) is 0 Å². The summed E-state index contributed by atoms with van der Waals surface area (Å²) in [5, 5.41) is 7.39. The molecule has 0 bridgehead atoms. The fourth-order valence-electron chi connectivity index (χ4n) is 2.08. The molecule has 5 heteroatoms. The van der Waals surface area contributed by atoms with Crippen molar-refractivity contribution in [3.8, 4) is 0 Å². The topological polar surface area (TPSA) is 54.2 Å². The van der Waals surface area contributed by atoms with Crippen LogP contribution in [0.1, 0.15) is 38.4 Å². The molecule has 0 spiro atoms. The number of nitrogens with one attached hydrogen (secondary N) is 1. The maximum absolute atomic E-state index is 5.29. The van der Waals surface area contributed by atoms with Gasteiger partial charge in [0.05, 0.1) is 6.54 Å². The fraction of sp³-hybridized carbons (Fsp3) is 0.833. The molecule has 2 rings (SSSR count). The van der Waals surface area contributed by atoms with E-state index < -0.39 is 0 Å². The highest BCUT2D eigenvalue weighted by Crippen LogP contribution is 2.09. The van der Waals surface area contributed by atoms with Crippen LogP contribution in [-0.2, 0) is 13.0 Å². The Morgan fingerprint density at radius 3 is 3.18 bits per heavy atom. The number of hydrogen-bond acceptors (Lipinski definition) is 5.